The summed E-state index contributed by atoms with van der Waals surface area (Å²) in [6.45, 7) is 15.8. The largest absolute Gasteiger partial charge is 0.314 e. The Labute approximate surface area is 134 Å². The van der Waals surface area contributed by atoms with Gasteiger partial charge in [-0.1, -0.05) is 34.6 Å². The van der Waals surface area contributed by atoms with Crippen molar-refractivity contribution in [2.45, 2.75) is 65.5 Å². The molecule has 1 aliphatic heterocycles. The van der Waals surface area contributed by atoms with Gasteiger partial charge in [-0.3, -0.25) is 4.90 Å². The van der Waals surface area contributed by atoms with E-state index in [4.69, 9.17) is 4.98 Å². The molecule has 0 unspecified atom stereocenters. The summed E-state index contributed by atoms with van der Waals surface area (Å²) in [5.41, 5.74) is 1.41. The van der Waals surface area contributed by atoms with Crippen molar-refractivity contribution in [1.82, 2.24) is 15.2 Å². The van der Waals surface area contributed by atoms with E-state index in [9.17, 15) is 0 Å². The molecular weight excluding hydrogens is 278 g/mol. The molecule has 0 radical (unpaired) electrons. The maximum absolute atomic E-state index is 4.82. The highest BCUT2D eigenvalue weighted by Crippen LogP contribution is 2.25. The van der Waals surface area contributed by atoms with Gasteiger partial charge in [0.15, 0.2) is 0 Å². The molecule has 0 spiro atoms. The predicted molar refractivity (Wildman–Crippen MR) is 92.0 cm³/mol. The van der Waals surface area contributed by atoms with Crippen LogP contribution in [-0.2, 0) is 12.0 Å². The van der Waals surface area contributed by atoms with Gasteiger partial charge in [0, 0.05) is 16.8 Å². The molecular formula is C17H31N3S. The number of piperidine rings is 1. The second-order valence-electron chi connectivity index (χ2n) is 7.66. The molecule has 2 rings (SSSR count). The minimum Gasteiger partial charge on any atom is -0.314 e. The Morgan fingerprint density at radius 1 is 1.33 bits per heavy atom. The first-order chi connectivity index (χ1) is 9.84. The lowest BCUT2D eigenvalue weighted by molar-refractivity contribution is 0.174. The lowest BCUT2D eigenvalue weighted by Crippen LogP contribution is -2.38. The van der Waals surface area contributed by atoms with Crippen molar-refractivity contribution in [2.24, 2.45) is 5.92 Å². The Kier molecular flexibility index (Phi) is 5.81. The molecule has 1 N–H and O–H groups in total. The van der Waals surface area contributed by atoms with Crippen LogP contribution in [-0.4, -0.2) is 35.6 Å². The van der Waals surface area contributed by atoms with Gasteiger partial charge in [0.2, 0.25) is 0 Å². The zero-order valence-corrected chi connectivity index (χ0v) is 15.1. The van der Waals surface area contributed by atoms with Crippen molar-refractivity contribution in [2.75, 3.05) is 19.6 Å². The predicted octanol–water partition coefficient (Wildman–Crippen LogP) is 3.65. The summed E-state index contributed by atoms with van der Waals surface area (Å²) in [6, 6.07) is 0.606. The van der Waals surface area contributed by atoms with Gasteiger partial charge in [-0.2, -0.15) is 0 Å². The summed E-state index contributed by atoms with van der Waals surface area (Å²) >= 11 is 1.82. The second kappa shape index (κ2) is 7.21. The minimum absolute atomic E-state index is 0.171. The van der Waals surface area contributed by atoms with Gasteiger partial charge in [-0.15, -0.1) is 11.3 Å². The summed E-state index contributed by atoms with van der Waals surface area (Å²) in [6.07, 6.45) is 2.63. The fourth-order valence-corrected chi connectivity index (χ4v) is 3.73. The number of rotatable bonds is 5. The van der Waals surface area contributed by atoms with E-state index in [0.29, 0.717) is 6.04 Å². The third kappa shape index (κ3) is 5.35. The molecule has 3 nitrogen and oxygen atoms in total. The number of aromatic nitrogens is 1. The number of likely N-dealkylation sites (tertiary alicyclic amines) is 1. The summed E-state index contributed by atoms with van der Waals surface area (Å²) in [5, 5.41) is 7.08. The Hall–Kier alpha value is -0.450. The molecule has 0 saturated carbocycles. The van der Waals surface area contributed by atoms with Gasteiger partial charge in [0.05, 0.1) is 12.2 Å². The number of nitrogens with zero attached hydrogens (tertiary/aromatic N) is 2. The van der Waals surface area contributed by atoms with Crippen molar-refractivity contribution < 1.29 is 0 Å². The lowest BCUT2D eigenvalue weighted by Gasteiger charge is -2.31. The molecule has 0 amide bonds. The average Bonchev–Trinajstić information content (AvgIpc) is 2.86. The normalized spacial score (nSPS) is 18.6. The van der Waals surface area contributed by atoms with Crippen molar-refractivity contribution in [3.63, 3.8) is 0 Å². The fraction of sp³-hybridized carbons (Fsp3) is 0.824. The number of nitrogens with one attached hydrogen (secondary N) is 1. The Balaban J connectivity index is 1.77. The van der Waals surface area contributed by atoms with Crippen LogP contribution in [0.15, 0.2) is 5.38 Å². The van der Waals surface area contributed by atoms with Crippen LogP contribution >= 0.6 is 11.3 Å². The first-order valence-corrected chi connectivity index (χ1v) is 9.13. The monoisotopic (exact) mass is 309 g/mol. The van der Waals surface area contributed by atoms with E-state index >= 15 is 0 Å². The standard InChI is InChI=1S/C17H31N3S/c1-13(2)18-10-14-6-8-20(9-7-14)11-16-19-15(12-21-16)17(3,4)5/h12-14,18H,6-11H2,1-5H3. The molecule has 2 heterocycles. The highest BCUT2D eigenvalue weighted by Gasteiger charge is 2.21. The van der Waals surface area contributed by atoms with Crippen LogP contribution < -0.4 is 5.32 Å². The van der Waals surface area contributed by atoms with E-state index < -0.39 is 0 Å². The van der Waals surface area contributed by atoms with Crippen molar-refractivity contribution in [3.8, 4) is 0 Å². The Bertz CT molecular complexity index is 425. The van der Waals surface area contributed by atoms with E-state index in [1.807, 2.05) is 11.3 Å². The fourth-order valence-electron chi connectivity index (χ4n) is 2.67. The van der Waals surface area contributed by atoms with Gasteiger partial charge < -0.3 is 5.32 Å². The SMILES string of the molecule is CC(C)NCC1CCN(Cc2nc(C(C)(C)C)cs2)CC1. The maximum Gasteiger partial charge on any atom is 0.107 e. The summed E-state index contributed by atoms with van der Waals surface area (Å²) < 4.78 is 0. The first-order valence-electron chi connectivity index (χ1n) is 8.25. The summed E-state index contributed by atoms with van der Waals surface area (Å²) in [4.78, 5) is 7.39. The summed E-state index contributed by atoms with van der Waals surface area (Å²) in [7, 11) is 0. The average molecular weight is 310 g/mol. The van der Waals surface area contributed by atoms with Crippen LogP contribution in [0.5, 0.6) is 0 Å². The van der Waals surface area contributed by atoms with E-state index in [1.54, 1.807) is 0 Å². The van der Waals surface area contributed by atoms with Gasteiger partial charge in [-0.05, 0) is 38.4 Å². The number of hydrogen-bond acceptors (Lipinski definition) is 4. The molecule has 1 fully saturated rings. The van der Waals surface area contributed by atoms with E-state index in [2.05, 4.69) is 50.2 Å². The van der Waals surface area contributed by atoms with Crippen LogP contribution in [0.3, 0.4) is 0 Å². The van der Waals surface area contributed by atoms with Crippen molar-refractivity contribution in [1.29, 1.82) is 0 Å². The van der Waals surface area contributed by atoms with Crippen LogP contribution in [0.4, 0.5) is 0 Å². The highest BCUT2D eigenvalue weighted by molar-refractivity contribution is 7.09. The van der Waals surface area contributed by atoms with Gasteiger partial charge in [-0.25, -0.2) is 4.98 Å². The molecule has 0 aromatic carbocycles. The number of thiazole rings is 1. The quantitative estimate of drug-likeness (QED) is 0.900. The van der Waals surface area contributed by atoms with Crippen LogP contribution in [0.25, 0.3) is 0 Å². The van der Waals surface area contributed by atoms with E-state index in [-0.39, 0.29) is 5.41 Å². The molecule has 1 aromatic rings. The first kappa shape index (κ1) is 16.9. The Morgan fingerprint density at radius 2 is 2.00 bits per heavy atom. The van der Waals surface area contributed by atoms with Crippen LogP contribution in [0, 0.1) is 5.92 Å². The molecule has 4 heteroatoms. The topological polar surface area (TPSA) is 28.2 Å². The lowest BCUT2D eigenvalue weighted by atomic mass is 9.93. The molecule has 0 atom stereocenters. The molecule has 1 saturated heterocycles. The van der Waals surface area contributed by atoms with Crippen molar-refractivity contribution >= 4 is 11.3 Å². The molecule has 1 aliphatic rings. The van der Waals surface area contributed by atoms with Crippen LogP contribution in [0.2, 0.25) is 0 Å². The number of hydrogen-bond donors (Lipinski definition) is 1. The van der Waals surface area contributed by atoms with Gasteiger partial charge >= 0.3 is 0 Å². The molecule has 1 aromatic heterocycles. The second-order valence-corrected chi connectivity index (χ2v) is 8.60. The highest BCUT2D eigenvalue weighted by atomic mass is 32.1. The minimum atomic E-state index is 0.171. The van der Waals surface area contributed by atoms with Gasteiger partial charge in [0.25, 0.3) is 0 Å². The third-order valence-corrected chi connectivity index (χ3v) is 5.03. The van der Waals surface area contributed by atoms with E-state index in [1.165, 1.54) is 43.2 Å². The van der Waals surface area contributed by atoms with E-state index in [0.717, 1.165) is 12.5 Å². The third-order valence-electron chi connectivity index (χ3n) is 4.20. The van der Waals surface area contributed by atoms with Crippen molar-refractivity contribution in [3.05, 3.63) is 16.1 Å². The molecule has 0 bridgehead atoms. The zero-order chi connectivity index (χ0) is 15.5. The zero-order valence-electron chi connectivity index (χ0n) is 14.3. The molecule has 120 valence electrons. The van der Waals surface area contributed by atoms with Gasteiger partial charge in [0.1, 0.15) is 5.01 Å². The molecule has 0 aliphatic carbocycles. The Morgan fingerprint density at radius 3 is 2.52 bits per heavy atom. The smallest absolute Gasteiger partial charge is 0.107 e. The summed E-state index contributed by atoms with van der Waals surface area (Å²) in [5.74, 6) is 0.852. The maximum atomic E-state index is 4.82. The molecule has 21 heavy (non-hydrogen) atoms. The van der Waals surface area contributed by atoms with Crippen LogP contribution in [0.1, 0.15) is 58.2 Å².